The summed E-state index contributed by atoms with van der Waals surface area (Å²) in [6.45, 7) is 2.83. The number of carbonyl (C=O) groups excluding carboxylic acids is 1. The SMILES string of the molecule is CC(C)(NC(=O)Nc1cccc2ncccc12)C(=O)O. The molecule has 0 aliphatic heterocycles. The minimum absolute atomic E-state index is 0.575. The van der Waals surface area contributed by atoms with Gasteiger partial charge in [0, 0.05) is 11.6 Å². The smallest absolute Gasteiger partial charge is 0.328 e. The number of aliphatic carboxylic acids is 1. The van der Waals surface area contributed by atoms with Crippen LogP contribution in [0.2, 0.25) is 0 Å². The molecular formula is C14H15N3O3. The van der Waals surface area contributed by atoms with Crippen molar-refractivity contribution < 1.29 is 14.7 Å². The number of carbonyl (C=O) groups is 2. The van der Waals surface area contributed by atoms with Gasteiger partial charge in [0.2, 0.25) is 0 Å². The van der Waals surface area contributed by atoms with Crippen LogP contribution in [0.1, 0.15) is 13.8 Å². The highest BCUT2D eigenvalue weighted by Crippen LogP contribution is 2.21. The number of nitrogens with zero attached hydrogens (tertiary/aromatic N) is 1. The molecular weight excluding hydrogens is 258 g/mol. The lowest BCUT2D eigenvalue weighted by atomic mass is 10.1. The summed E-state index contributed by atoms with van der Waals surface area (Å²) in [5, 5.41) is 14.8. The van der Waals surface area contributed by atoms with E-state index in [4.69, 9.17) is 5.11 Å². The van der Waals surface area contributed by atoms with Gasteiger partial charge >= 0.3 is 12.0 Å². The molecule has 0 radical (unpaired) electrons. The largest absolute Gasteiger partial charge is 0.480 e. The fourth-order valence-electron chi connectivity index (χ4n) is 1.70. The number of benzene rings is 1. The molecule has 20 heavy (non-hydrogen) atoms. The van der Waals surface area contributed by atoms with Crippen molar-refractivity contribution >= 4 is 28.6 Å². The van der Waals surface area contributed by atoms with Crippen molar-refractivity contribution in [1.29, 1.82) is 0 Å². The number of pyridine rings is 1. The molecule has 0 unspecified atom stereocenters. The van der Waals surface area contributed by atoms with E-state index >= 15 is 0 Å². The van der Waals surface area contributed by atoms with Crippen LogP contribution in [0.25, 0.3) is 10.9 Å². The van der Waals surface area contributed by atoms with Gasteiger partial charge < -0.3 is 15.7 Å². The Morgan fingerprint density at radius 3 is 2.65 bits per heavy atom. The Kier molecular flexibility index (Phi) is 3.56. The summed E-state index contributed by atoms with van der Waals surface area (Å²) in [4.78, 5) is 27.0. The Balaban J connectivity index is 2.21. The summed E-state index contributed by atoms with van der Waals surface area (Å²) in [7, 11) is 0. The predicted molar refractivity (Wildman–Crippen MR) is 75.6 cm³/mol. The number of carboxylic acids is 1. The van der Waals surface area contributed by atoms with Crippen molar-refractivity contribution in [1.82, 2.24) is 10.3 Å². The van der Waals surface area contributed by atoms with Gasteiger partial charge in [0.15, 0.2) is 0 Å². The number of urea groups is 1. The zero-order valence-corrected chi connectivity index (χ0v) is 11.2. The highest BCUT2D eigenvalue weighted by atomic mass is 16.4. The molecule has 0 bridgehead atoms. The Bertz CT molecular complexity index is 662. The van der Waals surface area contributed by atoms with Crippen LogP contribution in [0.4, 0.5) is 10.5 Å². The summed E-state index contributed by atoms with van der Waals surface area (Å²) in [5.74, 6) is -1.10. The molecule has 104 valence electrons. The van der Waals surface area contributed by atoms with E-state index in [1.54, 1.807) is 24.4 Å². The molecule has 2 rings (SSSR count). The molecule has 0 aliphatic rings. The number of nitrogens with one attached hydrogen (secondary N) is 2. The third-order valence-corrected chi connectivity index (χ3v) is 2.85. The van der Waals surface area contributed by atoms with Crippen molar-refractivity contribution in [3.8, 4) is 0 Å². The highest BCUT2D eigenvalue weighted by molar-refractivity contribution is 6.01. The van der Waals surface area contributed by atoms with Gasteiger partial charge in [-0.15, -0.1) is 0 Å². The standard InChI is InChI=1S/C14H15N3O3/c1-14(2,12(18)19)17-13(20)16-11-7-3-6-10-9(11)5-4-8-15-10/h3-8H,1-2H3,(H,18,19)(H2,16,17,20). The summed E-state index contributed by atoms with van der Waals surface area (Å²) < 4.78 is 0. The number of amides is 2. The van der Waals surface area contributed by atoms with Crippen LogP contribution in [0.15, 0.2) is 36.5 Å². The third kappa shape index (κ3) is 2.85. The average molecular weight is 273 g/mol. The average Bonchev–Trinajstić information content (AvgIpc) is 2.38. The molecule has 2 amide bonds. The molecule has 0 atom stereocenters. The Morgan fingerprint density at radius 1 is 1.20 bits per heavy atom. The fraction of sp³-hybridized carbons (Fsp3) is 0.214. The van der Waals surface area contributed by atoms with Crippen molar-refractivity contribution in [2.75, 3.05) is 5.32 Å². The van der Waals surface area contributed by atoms with Gasteiger partial charge in [-0.3, -0.25) is 4.98 Å². The molecule has 0 fully saturated rings. The molecule has 0 saturated heterocycles. The maximum atomic E-state index is 11.9. The quantitative estimate of drug-likeness (QED) is 0.799. The number of fused-ring (bicyclic) bond motifs is 1. The van der Waals surface area contributed by atoms with Crippen LogP contribution in [0.5, 0.6) is 0 Å². The molecule has 1 aromatic carbocycles. The molecule has 6 heteroatoms. The number of aromatic nitrogens is 1. The molecule has 6 nitrogen and oxygen atoms in total. The lowest BCUT2D eigenvalue weighted by Crippen LogP contribution is -2.51. The van der Waals surface area contributed by atoms with Gasteiger partial charge in [0.25, 0.3) is 0 Å². The topological polar surface area (TPSA) is 91.3 Å². The fourth-order valence-corrected chi connectivity index (χ4v) is 1.70. The minimum atomic E-state index is -1.34. The van der Waals surface area contributed by atoms with Gasteiger partial charge in [-0.2, -0.15) is 0 Å². The first-order chi connectivity index (χ1) is 9.40. The predicted octanol–water partition coefficient (Wildman–Crippen LogP) is 2.22. The van der Waals surface area contributed by atoms with Gasteiger partial charge in [0.05, 0.1) is 11.2 Å². The maximum Gasteiger partial charge on any atom is 0.328 e. The first-order valence-corrected chi connectivity index (χ1v) is 6.06. The Hall–Kier alpha value is -2.63. The lowest BCUT2D eigenvalue weighted by Gasteiger charge is -2.21. The summed E-state index contributed by atoms with van der Waals surface area (Å²) in [6.07, 6.45) is 1.67. The summed E-state index contributed by atoms with van der Waals surface area (Å²) >= 11 is 0. The lowest BCUT2D eigenvalue weighted by molar-refractivity contribution is -0.142. The van der Waals surface area contributed by atoms with E-state index in [0.717, 1.165) is 10.9 Å². The van der Waals surface area contributed by atoms with Crippen molar-refractivity contribution in [2.24, 2.45) is 0 Å². The number of carboxylic acid groups (broad SMARTS) is 1. The summed E-state index contributed by atoms with van der Waals surface area (Å²) in [6, 6.07) is 8.37. The minimum Gasteiger partial charge on any atom is -0.480 e. The van der Waals surface area contributed by atoms with Crippen molar-refractivity contribution in [3.63, 3.8) is 0 Å². The number of hydrogen-bond acceptors (Lipinski definition) is 3. The number of rotatable bonds is 3. The van der Waals surface area contributed by atoms with Gasteiger partial charge in [-0.25, -0.2) is 9.59 Å². The zero-order valence-electron chi connectivity index (χ0n) is 11.2. The molecule has 1 heterocycles. The molecule has 3 N–H and O–H groups in total. The van der Waals surface area contributed by atoms with Crippen molar-refractivity contribution in [3.05, 3.63) is 36.5 Å². The van der Waals surface area contributed by atoms with E-state index < -0.39 is 17.5 Å². The number of hydrogen-bond donors (Lipinski definition) is 3. The second-order valence-corrected chi connectivity index (χ2v) is 4.88. The van der Waals surface area contributed by atoms with Gasteiger partial charge in [0.1, 0.15) is 5.54 Å². The van der Waals surface area contributed by atoms with E-state index in [0.29, 0.717) is 5.69 Å². The first-order valence-electron chi connectivity index (χ1n) is 6.06. The van der Waals surface area contributed by atoms with Crippen molar-refractivity contribution in [2.45, 2.75) is 19.4 Å². The summed E-state index contributed by atoms with van der Waals surface area (Å²) in [5.41, 5.74) is -0.00973. The van der Waals surface area contributed by atoms with Crippen LogP contribution in [-0.4, -0.2) is 27.6 Å². The monoisotopic (exact) mass is 273 g/mol. The maximum absolute atomic E-state index is 11.9. The molecule has 1 aromatic heterocycles. The zero-order chi connectivity index (χ0) is 14.8. The molecule has 0 aliphatic carbocycles. The van der Waals surface area contributed by atoms with E-state index in [1.807, 2.05) is 12.1 Å². The van der Waals surface area contributed by atoms with E-state index in [2.05, 4.69) is 15.6 Å². The van der Waals surface area contributed by atoms with E-state index in [1.165, 1.54) is 13.8 Å². The van der Waals surface area contributed by atoms with Gasteiger partial charge in [-0.1, -0.05) is 6.07 Å². The van der Waals surface area contributed by atoms with E-state index in [9.17, 15) is 9.59 Å². The van der Waals surface area contributed by atoms with Gasteiger partial charge in [-0.05, 0) is 38.1 Å². The third-order valence-electron chi connectivity index (χ3n) is 2.85. The molecule has 2 aromatic rings. The first kappa shape index (κ1) is 13.8. The Morgan fingerprint density at radius 2 is 1.95 bits per heavy atom. The van der Waals surface area contributed by atoms with Crippen LogP contribution >= 0.6 is 0 Å². The highest BCUT2D eigenvalue weighted by Gasteiger charge is 2.28. The van der Waals surface area contributed by atoms with Crippen LogP contribution in [0, 0.1) is 0 Å². The Labute approximate surface area is 115 Å². The van der Waals surface area contributed by atoms with E-state index in [-0.39, 0.29) is 0 Å². The molecule has 0 saturated carbocycles. The second kappa shape index (κ2) is 5.16. The van der Waals surface area contributed by atoms with Crippen LogP contribution in [0.3, 0.4) is 0 Å². The normalized spacial score (nSPS) is 11.1. The van der Waals surface area contributed by atoms with Crippen LogP contribution < -0.4 is 10.6 Å². The molecule has 0 spiro atoms. The number of anilines is 1. The van der Waals surface area contributed by atoms with Crippen LogP contribution in [-0.2, 0) is 4.79 Å². The second-order valence-electron chi connectivity index (χ2n) is 4.88.